The number of nitrogen functional groups attached to an aromatic ring is 1. The Balaban J connectivity index is 1.64. The lowest BCUT2D eigenvalue weighted by atomic mass is 10.0. The zero-order valence-electron chi connectivity index (χ0n) is 17.1. The number of carbonyl (C=O) groups excluding carboxylic acids is 1. The maximum absolute atomic E-state index is 14.1. The summed E-state index contributed by atoms with van der Waals surface area (Å²) in [5, 5.41) is 15.1. The Kier molecular flexibility index (Phi) is 5.75. The zero-order valence-corrected chi connectivity index (χ0v) is 17.8. The summed E-state index contributed by atoms with van der Waals surface area (Å²) < 4.78 is 15.6. The summed E-state index contributed by atoms with van der Waals surface area (Å²) in [6.45, 7) is 1.78. The minimum atomic E-state index is -0.417. The summed E-state index contributed by atoms with van der Waals surface area (Å²) in [5.74, 6) is -0.852. The van der Waals surface area contributed by atoms with Crippen molar-refractivity contribution in [2.45, 2.75) is 6.92 Å². The van der Waals surface area contributed by atoms with Crippen molar-refractivity contribution in [2.75, 3.05) is 5.32 Å². The van der Waals surface area contributed by atoms with E-state index in [9.17, 15) is 9.18 Å². The van der Waals surface area contributed by atoms with E-state index in [2.05, 4.69) is 10.4 Å². The van der Waals surface area contributed by atoms with Crippen LogP contribution in [-0.2, 0) is 0 Å². The van der Waals surface area contributed by atoms with Crippen LogP contribution in [0.2, 0.25) is 5.02 Å². The van der Waals surface area contributed by atoms with Crippen molar-refractivity contribution in [3.63, 3.8) is 0 Å². The Morgan fingerprint density at radius 1 is 1.09 bits per heavy atom. The highest BCUT2D eigenvalue weighted by Crippen LogP contribution is 2.30. The number of nitrogens with zero attached hydrogens (tertiary/aromatic N) is 2. The van der Waals surface area contributed by atoms with Gasteiger partial charge in [0.2, 0.25) is 0 Å². The van der Waals surface area contributed by atoms with Gasteiger partial charge in [-0.2, -0.15) is 5.10 Å². The first-order chi connectivity index (χ1) is 15.3. The molecule has 0 saturated heterocycles. The number of hydrogen-bond acceptors (Lipinski definition) is 3. The van der Waals surface area contributed by atoms with Gasteiger partial charge in [-0.25, -0.2) is 9.07 Å². The first-order valence-corrected chi connectivity index (χ1v) is 10.1. The van der Waals surface area contributed by atoms with Crippen LogP contribution in [0.4, 0.5) is 10.1 Å². The molecule has 160 valence electrons. The van der Waals surface area contributed by atoms with Gasteiger partial charge in [0, 0.05) is 11.1 Å². The molecule has 0 aliphatic carbocycles. The highest BCUT2D eigenvalue weighted by Gasteiger charge is 2.18. The quantitative estimate of drug-likeness (QED) is 0.290. The normalized spacial score (nSPS) is 10.7. The third kappa shape index (κ3) is 4.24. The molecule has 1 heterocycles. The third-order valence-electron chi connectivity index (χ3n) is 4.87. The number of hydrogen-bond donors (Lipinski definition) is 3. The van der Waals surface area contributed by atoms with Gasteiger partial charge < -0.3 is 11.1 Å². The molecule has 4 rings (SSSR count). The number of nitrogens with two attached hydrogens (primary N) is 1. The molecule has 4 aromatic rings. The lowest BCUT2D eigenvalue weighted by Crippen LogP contribution is -2.18. The number of benzene rings is 3. The molecule has 3 aromatic carbocycles. The maximum Gasteiger partial charge on any atom is 0.274 e. The van der Waals surface area contributed by atoms with Crippen molar-refractivity contribution in [2.24, 2.45) is 5.73 Å². The summed E-state index contributed by atoms with van der Waals surface area (Å²) in [6, 6.07) is 19.9. The molecule has 0 radical (unpaired) electrons. The fourth-order valence-electron chi connectivity index (χ4n) is 3.33. The second-order valence-corrected chi connectivity index (χ2v) is 7.58. The second-order valence-electron chi connectivity index (χ2n) is 7.18. The zero-order chi connectivity index (χ0) is 22.8. The number of halogens is 2. The van der Waals surface area contributed by atoms with Crippen molar-refractivity contribution in [1.29, 1.82) is 5.41 Å². The van der Waals surface area contributed by atoms with E-state index >= 15 is 0 Å². The van der Waals surface area contributed by atoms with Crippen molar-refractivity contribution in [3.8, 4) is 16.8 Å². The summed E-state index contributed by atoms with van der Waals surface area (Å²) in [7, 11) is 0. The molecule has 4 N–H and O–H groups in total. The Hall–Kier alpha value is -3.97. The van der Waals surface area contributed by atoms with Crippen LogP contribution in [-0.4, -0.2) is 21.5 Å². The molecule has 1 amide bonds. The van der Waals surface area contributed by atoms with E-state index in [1.165, 1.54) is 10.7 Å². The molecule has 0 bridgehead atoms. The first-order valence-electron chi connectivity index (χ1n) is 9.71. The molecule has 0 aliphatic heterocycles. The van der Waals surface area contributed by atoms with Crippen molar-refractivity contribution < 1.29 is 9.18 Å². The van der Waals surface area contributed by atoms with Gasteiger partial charge in [0.15, 0.2) is 0 Å². The topological polar surface area (TPSA) is 96.8 Å². The average molecular weight is 448 g/mol. The predicted octanol–water partition coefficient (Wildman–Crippen LogP) is 5.18. The summed E-state index contributed by atoms with van der Waals surface area (Å²) >= 11 is 6.38. The van der Waals surface area contributed by atoms with Gasteiger partial charge in [-0.05, 0) is 48.9 Å². The molecule has 0 spiro atoms. The van der Waals surface area contributed by atoms with Gasteiger partial charge in [0.05, 0.1) is 22.1 Å². The number of anilines is 1. The van der Waals surface area contributed by atoms with E-state index in [1.54, 1.807) is 73.7 Å². The molecule has 0 atom stereocenters. The van der Waals surface area contributed by atoms with Gasteiger partial charge in [-0.15, -0.1) is 0 Å². The number of nitrogens with one attached hydrogen (secondary N) is 2. The standard InChI is InChI=1S/C24H19ClFN5O/c1-14-11-22(31(30-14)17-6-4-5-16(12-17)23(27)28)24(32)29-21-10-9-15(13-19(21)25)18-7-2-3-8-20(18)26/h2-13H,1H3,(H3,27,28)(H,29,32). The van der Waals surface area contributed by atoms with Crippen LogP contribution in [0.15, 0.2) is 72.8 Å². The van der Waals surface area contributed by atoms with Gasteiger partial charge in [-0.3, -0.25) is 10.2 Å². The van der Waals surface area contributed by atoms with Crippen molar-refractivity contribution >= 4 is 29.0 Å². The SMILES string of the molecule is Cc1cc(C(=O)Nc2ccc(-c3ccccc3F)cc2Cl)n(-c2cccc(C(=N)N)c2)n1. The molecular formula is C24H19ClFN5O. The summed E-state index contributed by atoms with van der Waals surface area (Å²) in [6.07, 6.45) is 0. The van der Waals surface area contributed by atoms with Crippen LogP contribution >= 0.6 is 11.6 Å². The highest BCUT2D eigenvalue weighted by molar-refractivity contribution is 6.34. The Morgan fingerprint density at radius 3 is 2.59 bits per heavy atom. The molecule has 0 saturated carbocycles. The van der Waals surface area contributed by atoms with Crippen LogP contribution in [0.25, 0.3) is 16.8 Å². The van der Waals surface area contributed by atoms with Crippen LogP contribution in [0.3, 0.4) is 0 Å². The average Bonchev–Trinajstić information content (AvgIpc) is 3.17. The Bertz CT molecular complexity index is 1350. The van der Waals surface area contributed by atoms with Gasteiger partial charge in [-0.1, -0.05) is 48.0 Å². The lowest BCUT2D eigenvalue weighted by Gasteiger charge is -2.12. The molecule has 0 fully saturated rings. The van der Waals surface area contributed by atoms with Gasteiger partial charge >= 0.3 is 0 Å². The fourth-order valence-corrected chi connectivity index (χ4v) is 3.56. The number of aromatic nitrogens is 2. The van der Waals surface area contributed by atoms with Crippen LogP contribution in [0, 0.1) is 18.2 Å². The molecule has 8 heteroatoms. The smallest absolute Gasteiger partial charge is 0.274 e. The first kappa shape index (κ1) is 21.3. The number of amidine groups is 1. The molecule has 6 nitrogen and oxygen atoms in total. The predicted molar refractivity (Wildman–Crippen MR) is 124 cm³/mol. The van der Waals surface area contributed by atoms with E-state index < -0.39 is 5.91 Å². The van der Waals surface area contributed by atoms with Crippen LogP contribution in [0.1, 0.15) is 21.7 Å². The van der Waals surface area contributed by atoms with E-state index in [-0.39, 0.29) is 22.4 Å². The number of rotatable bonds is 5. The van der Waals surface area contributed by atoms with Crippen LogP contribution in [0.5, 0.6) is 0 Å². The number of aryl methyl sites for hydroxylation is 1. The third-order valence-corrected chi connectivity index (χ3v) is 5.18. The molecule has 0 aliphatic rings. The highest BCUT2D eigenvalue weighted by atomic mass is 35.5. The van der Waals surface area contributed by atoms with Gasteiger partial charge in [0.25, 0.3) is 5.91 Å². The van der Waals surface area contributed by atoms with Crippen molar-refractivity contribution in [1.82, 2.24) is 9.78 Å². The Labute approximate surface area is 189 Å². The lowest BCUT2D eigenvalue weighted by molar-refractivity contribution is 0.101. The summed E-state index contributed by atoms with van der Waals surface area (Å²) in [4.78, 5) is 13.0. The minimum absolute atomic E-state index is 0.0801. The van der Waals surface area contributed by atoms with E-state index in [0.29, 0.717) is 33.8 Å². The van der Waals surface area contributed by atoms with Crippen molar-refractivity contribution in [3.05, 3.63) is 101 Å². The number of amides is 1. The minimum Gasteiger partial charge on any atom is -0.384 e. The maximum atomic E-state index is 14.1. The molecule has 32 heavy (non-hydrogen) atoms. The van der Waals surface area contributed by atoms with E-state index in [0.717, 1.165) is 0 Å². The number of carbonyl (C=O) groups is 1. The van der Waals surface area contributed by atoms with Crippen LogP contribution < -0.4 is 11.1 Å². The fraction of sp³-hybridized carbons (Fsp3) is 0.0417. The molecule has 1 aromatic heterocycles. The van der Waals surface area contributed by atoms with E-state index in [1.807, 2.05) is 0 Å². The second kappa shape index (κ2) is 8.64. The molecule has 0 unspecified atom stereocenters. The van der Waals surface area contributed by atoms with Gasteiger partial charge in [0.1, 0.15) is 17.3 Å². The summed E-state index contributed by atoms with van der Waals surface area (Å²) in [5.41, 5.74) is 9.05. The largest absolute Gasteiger partial charge is 0.384 e. The van der Waals surface area contributed by atoms with E-state index in [4.69, 9.17) is 22.7 Å². The monoisotopic (exact) mass is 447 g/mol. The molecular weight excluding hydrogens is 429 g/mol. The Morgan fingerprint density at radius 2 is 1.88 bits per heavy atom.